The maximum atomic E-state index is 12.5. The molecule has 2 aromatic heterocycles. The summed E-state index contributed by atoms with van der Waals surface area (Å²) < 4.78 is 1.83. The van der Waals surface area contributed by atoms with Gasteiger partial charge in [0.2, 0.25) is 0 Å². The summed E-state index contributed by atoms with van der Waals surface area (Å²) in [6.07, 6.45) is 3.86. The third kappa shape index (κ3) is 2.99. The van der Waals surface area contributed by atoms with Crippen molar-refractivity contribution >= 4 is 23.2 Å². The van der Waals surface area contributed by atoms with Crippen LogP contribution in [0, 0.1) is 6.92 Å². The molecule has 1 saturated heterocycles. The number of aromatic nitrogens is 3. The first-order valence-corrected chi connectivity index (χ1v) is 8.47. The van der Waals surface area contributed by atoms with E-state index in [1.165, 1.54) is 0 Å². The second-order valence-corrected chi connectivity index (χ2v) is 6.91. The number of anilines is 1. The fourth-order valence-corrected chi connectivity index (χ4v) is 3.38. The van der Waals surface area contributed by atoms with E-state index in [1.54, 1.807) is 11.3 Å². The summed E-state index contributed by atoms with van der Waals surface area (Å²) in [6.45, 7) is 6.86. The van der Waals surface area contributed by atoms with E-state index in [1.807, 2.05) is 28.8 Å². The van der Waals surface area contributed by atoms with Crippen LogP contribution < -0.4 is 5.32 Å². The number of thiazole rings is 1. The van der Waals surface area contributed by atoms with Crippen LogP contribution in [0.3, 0.4) is 0 Å². The third-order valence-electron chi connectivity index (χ3n) is 3.86. The van der Waals surface area contributed by atoms with Crippen LogP contribution in [0.4, 0.5) is 10.6 Å². The van der Waals surface area contributed by atoms with E-state index in [0.717, 1.165) is 30.1 Å². The molecule has 2 aromatic rings. The first-order valence-electron chi connectivity index (χ1n) is 7.59. The van der Waals surface area contributed by atoms with Crippen LogP contribution in [0.5, 0.6) is 0 Å². The van der Waals surface area contributed by atoms with Crippen LogP contribution in [-0.2, 0) is 0 Å². The highest BCUT2D eigenvalue weighted by Crippen LogP contribution is 2.32. The van der Waals surface area contributed by atoms with E-state index < -0.39 is 0 Å². The highest BCUT2D eigenvalue weighted by atomic mass is 32.1. The van der Waals surface area contributed by atoms with Crippen LogP contribution in [0.2, 0.25) is 0 Å². The Morgan fingerprint density at radius 1 is 1.50 bits per heavy atom. The molecule has 0 aromatic carbocycles. The zero-order chi connectivity index (χ0) is 15.7. The molecule has 0 saturated carbocycles. The Bertz CT molecular complexity index is 662. The number of urea groups is 1. The van der Waals surface area contributed by atoms with Crippen molar-refractivity contribution in [3.05, 3.63) is 28.3 Å². The van der Waals surface area contributed by atoms with Crippen molar-refractivity contribution in [3.63, 3.8) is 0 Å². The van der Waals surface area contributed by atoms with Gasteiger partial charge in [0.25, 0.3) is 0 Å². The lowest BCUT2D eigenvalue weighted by atomic mass is 10.2. The Kier molecular flexibility index (Phi) is 4.15. The average Bonchev–Trinajstić information content (AvgIpc) is 3.16. The van der Waals surface area contributed by atoms with Crippen LogP contribution in [0.25, 0.3) is 0 Å². The molecule has 7 heteroatoms. The molecule has 1 atom stereocenters. The molecular formula is C15H21N5OS. The molecule has 6 nitrogen and oxygen atoms in total. The fourth-order valence-electron chi connectivity index (χ4n) is 2.72. The predicted molar refractivity (Wildman–Crippen MR) is 87.2 cm³/mol. The van der Waals surface area contributed by atoms with Crippen molar-refractivity contribution in [1.29, 1.82) is 0 Å². The van der Waals surface area contributed by atoms with E-state index >= 15 is 0 Å². The zero-order valence-electron chi connectivity index (χ0n) is 13.1. The topological polar surface area (TPSA) is 63.1 Å². The molecule has 0 radical (unpaired) electrons. The molecule has 3 heterocycles. The number of carbonyl (C=O) groups is 1. The van der Waals surface area contributed by atoms with E-state index in [-0.39, 0.29) is 18.1 Å². The van der Waals surface area contributed by atoms with Gasteiger partial charge < -0.3 is 4.90 Å². The van der Waals surface area contributed by atoms with Crippen molar-refractivity contribution in [2.24, 2.45) is 0 Å². The molecule has 22 heavy (non-hydrogen) atoms. The Morgan fingerprint density at radius 2 is 2.32 bits per heavy atom. The number of rotatable bonds is 3. The van der Waals surface area contributed by atoms with Gasteiger partial charge in [-0.3, -0.25) is 10.00 Å². The lowest BCUT2D eigenvalue weighted by Crippen LogP contribution is -2.34. The number of aryl methyl sites for hydroxylation is 1. The summed E-state index contributed by atoms with van der Waals surface area (Å²) >= 11 is 1.63. The lowest BCUT2D eigenvalue weighted by Gasteiger charge is -2.23. The van der Waals surface area contributed by atoms with Gasteiger partial charge in [0, 0.05) is 30.2 Å². The quantitative estimate of drug-likeness (QED) is 0.940. The molecule has 1 aliphatic rings. The number of hydrogen-bond donors (Lipinski definition) is 1. The molecular weight excluding hydrogens is 298 g/mol. The first kappa shape index (κ1) is 15.0. The Morgan fingerprint density at radius 3 is 2.95 bits per heavy atom. The summed E-state index contributed by atoms with van der Waals surface area (Å²) in [7, 11) is 0. The van der Waals surface area contributed by atoms with Gasteiger partial charge in [-0.2, -0.15) is 5.10 Å². The molecule has 1 fully saturated rings. The van der Waals surface area contributed by atoms with Crippen molar-refractivity contribution in [2.75, 3.05) is 11.9 Å². The molecule has 1 N–H and O–H groups in total. The zero-order valence-corrected chi connectivity index (χ0v) is 13.9. The van der Waals surface area contributed by atoms with Gasteiger partial charge in [0.05, 0.1) is 16.7 Å². The van der Waals surface area contributed by atoms with Crippen molar-refractivity contribution in [3.8, 4) is 0 Å². The standard InChI is InChI=1S/C15H21N5OS/c1-10(2)20-8-6-14(18-20)17-15(21)19-7-4-5-13(19)12-9-22-11(3)16-12/h6,8-10,13H,4-5,7H2,1-3H3,(H,17,18,21)/t13-/m1/s1. The minimum atomic E-state index is -0.0952. The Balaban J connectivity index is 1.70. The normalized spacial score (nSPS) is 18.2. The largest absolute Gasteiger partial charge is 0.323 e. The minimum Gasteiger partial charge on any atom is -0.316 e. The number of amides is 2. The molecule has 0 bridgehead atoms. The second kappa shape index (κ2) is 6.08. The average molecular weight is 319 g/mol. The smallest absolute Gasteiger partial charge is 0.316 e. The summed E-state index contributed by atoms with van der Waals surface area (Å²) in [5.74, 6) is 0.596. The Labute approximate surface area is 134 Å². The third-order valence-corrected chi connectivity index (χ3v) is 4.66. The molecule has 0 unspecified atom stereocenters. The molecule has 118 valence electrons. The lowest BCUT2D eigenvalue weighted by molar-refractivity contribution is 0.206. The summed E-state index contributed by atoms with van der Waals surface area (Å²) in [4.78, 5) is 18.9. The van der Waals surface area contributed by atoms with Crippen molar-refractivity contribution in [1.82, 2.24) is 19.7 Å². The summed E-state index contributed by atoms with van der Waals surface area (Å²) in [5, 5.41) is 10.4. The Hall–Kier alpha value is -1.89. The van der Waals surface area contributed by atoms with Crippen LogP contribution in [0.1, 0.15) is 49.5 Å². The molecule has 1 aliphatic heterocycles. The van der Waals surface area contributed by atoms with E-state index in [4.69, 9.17) is 0 Å². The van der Waals surface area contributed by atoms with Gasteiger partial charge in [0.1, 0.15) is 0 Å². The maximum absolute atomic E-state index is 12.5. The van der Waals surface area contributed by atoms with E-state index in [9.17, 15) is 4.79 Å². The van der Waals surface area contributed by atoms with Gasteiger partial charge in [-0.05, 0) is 33.6 Å². The fraction of sp³-hybridized carbons (Fsp3) is 0.533. The molecule has 3 rings (SSSR count). The van der Waals surface area contributed by atoms with Crippen molar-refractivity contribution < 1.29 is 4.79 Å². The van der Waals surface area contributed by atoms with E-state index in [2.05, 4.69) is 34.6 Å². The van der Waals surface area contributed by atoms with Gasteiger partial charge in [-0.15, -0.1) is 11.3 Å². The second-order valence-electron chi connectivity index (χ2n) is 5.85. The summed E-state index contributed by atoms with van der Waals surface area (Å²) in [6, 6.07) is 2.10. The van der Waals surface area contributed by atoms with Gasteiger partial charge >= 0.3 is 6.03 Å². The van der Waals surface area contributed by atoms with Crippen LogP contribution in [-0.4, -0.2) is 32.2 Å². The van der Waals surface area contributed by atoms with Gasteiger partial charge in [0.15, 0.2) is 5.82 Å². The SMILES string of the molecule is Cc1nc([C@H]2CCCN2C(=O)Nc2ccn(C(C)C)n2)cs1. The predicted octanol–water partition coefficient (Wildman–Crippen LogP) is 3.60. The van der Waals surface area contributed by atoms with Crippen LogP contribution in [0.15, 0.2) is 17.6 Å². The number of likely N-dealkylation sites (tertiary alicyclic amines) is 1. The van der Waals surface area contributed by atoms with Crippen LogP contribution >= 0.6 is 11.3 Å². The minimum absolute atomic E-state index is 0.0807. The van der Waals surface area contributed by atoms with Crippen molar-refractivity contribution in [2.45, 2.75) is 45.7 Å². The highest BCUT2D eigenvalue weighted by Gasteiger charge is 2.31. The number of hydrogen-bond acceptors (Lipinski definition) is 4. The summed E-state index contributed by atoms with van der Waals surface area (Å²) in [5.41, 5.74) is 1.00. The maximum Gasteiger partial charge on any atom is 0.323 e. The van der Waals surface area contributed by atoms with Gasteiger partial charge in [-0.1, -0.05) is 0 Å². The highest BCUT2D eigenvalue weighted by molar-refractivity contribution is 7.09. The number of carbonyl (C=O) groups excluding carboxylic acids is 1. The number of nitrogens with zero attached hydrogens (tertiary/aromatic N) is 4. The van der Waals surface area contributed by atoms with E-state index in [0.29, 0.717) is 5.82 Å². The monoisotopic (exact) mass is 319 g/mol. The first-order chi connectivity index (χ1) is 10.5. The van der Waals surface area contributed by atoms with Gasteiger partial charge in [-0.25, -0.2) is 9.78 Å². The molecule has 0 spiro atoms. The molecule has 2 amide bonds. The number of nitrogens with one attached hydrogen (secondary N) is 1. The molecule has 0 aliphatic carbocycles.